The molecule has 0 aromatic heterocycles. The molecule has 5 nitrogen and oxygen atoms in total. The molecule has 1 fully saturated rings. The zero-order valence-electron chi connectivity index (χ0n) is 10.9. The lowest BCUT2D eigenvalue weighted by molar-refractivity contribution is 0.274. The molecule has 102 valence electrons. The van der Waals surface area contributed by atoms with Crippen molar-refractivity contribution in [2.75, 3.05) is 20.2 Å². The van der Waals surface area contributed by atoms with Crippen molar-refractivity contribution in [2.45, 2.75) is 39.2 Å². The zero-order valence-corrected chi connectivity index (χ0v) is 11.7. The molecule has 0 amide bonds. The normalized spacial score (nSPS) is 30.1. The summed E-state index contributed by atoms with van der Waals surface area (Å²) in [6.45, 7) is 4.62. The third-order valence-corrected chi connectivity index (χ3v) is 5.41. The Labute approximate surface area is 104 Å². The van der Waals surface area contributed by atoms with E-state index in [0.717, 1.165) is 12.8 Å². The van der Waals surface area contributed by atoms with Gasteiger partial charge in [0, 0.05) is 26.2 Å². The number of aliphatic hydroxyl groups is 1. The Morgan fingerprint density at radius 3 is 2.47 bits per heavy atom. The van der Waals surface area contributed by atoms with E-state index < -0.39 is 10.2 Å². The van der Waals surface area contributed by atoms with Crippen molar-refractivity contribution >= 4 is 10.2 Å². The van der Waals surface area contributed by atoms with Crippen LogP contribution in [0.2, 0.25) is 0 Å². The first-order valence-electron chi connectivity index (χ1n) is 6.23. The van der Waals surface area contributed by atoms with Gasteiger partial charge in [0.1, 0.15) is 0 Å². The molecule has 0 aromatic rings. The number of nitrogens with zero attached hydrogens (tertiary/aromatic N) is 1. The van der Waals surface area contributed by atoms with Crippen molar-refractivity contribution < 1.29 is 13.5 Å². The highest BCUT2D eigenvalue weighted by atomic mass is 32.2. The molecule has 0 spiro atoms. The maximum atomic E-state index is 12.0. The number of hydrogen-bond donors (Lipinski definition) is 2. The highest BCUT2D eigenvalue weighted by Gasteiger charge is 2.33. The van der Waals surface area contributed by atoms with E-state index in [9.17, 15) is 8.42 Å². The summed E-state index contributed by atoms with van der Waals surface area (Å²) in [5, 5.41) is 8.70. The van der Waals surface area contributed by atoms with Gasteiger partial charge < -0.3 is 5.11 Å². The first kappa shape index (κ1) is 14.9. The van der Waals surface area contributed by atoms with Crippen molar-refractivity contribution in [2.24, 2.45) is 11.8 Å². The Kier molecular flexibility index (Phi) is 5.37. The van der Waals surface area contributed by atoms with E-state index in [1.54, 1.807) is 7.05 Å². The third-order valence-electron chi connectivity index (χ3n) is 3.81. The molecular weight excluding hydrogens is 240 g/mol. The van der Waals surface area contributed by atoms with Gasteiger partial charge in [-0.15, -0.1) is 0 Å². The summed E-state index contributed by atoms with van der Waals surface area (Å²) in [6, 6.07) is 0.0478. The molecule has 0 heterocycles. The van der Waals surface area contributed by atoms with Crippen LogP contribution in [0.1, 0.15) is 33.1 Å². The molecule has 6 heteroatoms. The number of aliphatic hydroxyl groups excluding tert-OH is 1. The van der Waals surface area contributed by atoms with Gasteiger partial charge in [-0.1, -0.05) is 13.8 Å². The summed E-state index contributed by atoms with van der Waals surface area (Å²) in [4.78, 5) is 0. The Morgan fingerprint density at radius 2 is 2.00 bits per heavy atom. The Hall–Kier alpha value is -0.170. The van der Waals surface area contributed by atoms with Gasteiger partial charge in [-0.25, -0.2) is 0 Å². The van der Waals surface area contributed by atoms with Crippen molar-refractivity contribution in [1.29, 1.82) is 0 Å². The maximum Gasteiger partial charge on any atom is 0.279 e. The number of rotatable bonds is 6. The van der Waals surface area contributed by atoms with E-state index in [-0.39, 0.29) is 12.6 Å². The van der Waals surface area contributed by atoms with Crippen LogP contribution in [0.3, 0.4) is 0 Å². The molecule has 1 aliphatic carbocycles. The number of nitrogens with one attached hydrogen (secondary N) is 1. The van der Waals surface area contributed by atoms with Crippen LogP contribution >= 0.6 is 0 Å². The summed E-state index contributed by atoms with van der Waals surface area (Å²) >= 11 is 0. The van der Waals surface area contributed by atoms with Crippen molar-refractivity contribution in [3.8, 4) is 0 Å². The molecule has 1 aliphatic rings. The van der Waals surface area contributed by atoms with Gasteiger partial charge in [0.05, 0.1) is 0 Å². The minimum Gasteiger partial charge on any atom is -0.396 e. The fourth-order valence-electron chi connectivity index (χ4n) is 2.23. The Balaban J connectivity index is 2.54. The highest BCUT2D eigenvalue weighted by Crippen LogP contribution is 2.31. The highest BCUT2D eigenvalue weighted by molar-refractivity contribution is 7.87. The summed E-state index contributed by atoms with van der Waals surface area (Å²) in [7, 11) is -1.86. The predicted molar refractivity (Wildman–Crippen MR) is 67.7 cm³/mol. The summed E-state index contributed by atoms with van der Waals surface area (Å²) in [6.07, 6.45) is 2.46. The van der Waals surface area contributed by atoms with E-state index in [2.05, 4.69) is 18.6 Å². The SMILES string of the molecule is CC1CCC(NS(=O)(=O)N(C)CCCO)C1C. The first-order chi connectivity index (χ1) is 7.88. The van der Waals surface area contributed by atoms with Crippen LogP contribution in [-0.2, 0) is 10.2 Å². The molecule has 3 atom stereocenters. The van der Waals surface area contributed by atoms with Crippen LogP contribution in [-0.4, -0.2) is 44.1 Å². The third kappa shape index (κ3) is 3.91. The lowest BCUT2D eigenvalue weighted by Crippen LogP contribution is -2.45. The molecule has 0 bridgehead atoms. The molecule has 0 radical (unpaired) electrons. The van der Waals surface area contributed by atoms with Gasteiger partial charge in [0.25, 0.3) is 10.2 Å². The van der Waals surface area contributed by atoms with Gasteiger partial charge in [-0.2, -0.15) is 17.4 Å². The van der Waals surface area contributed by atoms with Gasteiger partial charge >= 0.3 is 0 Å². The minimum atomic E-state index is -3.40. The lowest BCUT2D eigenvalue weighted by atomic mass is 9.98. The van der Waals surface area contributed by atoms with E-state index in [1.807, 2.05) is 0 Å². The monoisotopic (exact) mass is 264 g/mol. The fourth-order valence-corrected chi connectivity index (χ4v) is 3.49. The lowest BCUT2D eigenvalue weighted by Gasteiger charge is -2.23. The predicted octanol–water partition coefficient (Wildman–Crippen LogP) is 0.570. The van der Waals surface area contributed by atoms with Gasteiger partial charge in [-0.3, -0.25) is 0 Å². The second kappa shape index (κ2) is 6.13. The Morgan fingerprint density at radius 1 is 1.35 bits per heavy atom. The zero-order chi connectivity index (χ0) is 13.1. The van der Waals surface area contributed by atoms with Crippen LogP contribution in [0, 0.1) is 11.8 Å². The van der Waals surface area contributed by atoms with E-state index in [1.165, 1.54) is 4.31 Å². The second-order valence-electron chi connectivity index (χ2n) is 5.04. The number of hydrogen-bond acceptors (Lipinski definition) is 3. The average molecular weight is 264 g/mol. The summed E-state index contributed by atoms with van der Waals surface area (Å²) in [5.74, 6) is 0.960. The van der Waals surface area contributed by atoms with Gasteiger partial charge in [0.15, 0.2) is 0 Å². The van der Waals surface area contributed by atoms with Gasteiger partial charge in [0.2, 0.25) is 0 Å². The van der Waals surface area contributed by atoms with Crippen molar-refractivity contribution in [3.05, 3.63) is 0 Å². The van der Waals surface area contributed by atoms with E-state index in [0.29, 0.717) is 24.8 Å². The molecule has 1 saturated carbocycles. The topological polar surface area (TPSA) is 69.6 Å². The molecule has 0 saturated heterocycles. The summed E-state index contributed by atoms with van der Waals surface area (Å²) < 4.78 is 28.0. The first-order valence-corrected chi connectivity index (χ1v) is 7.67. The second-order valence-corrected chi connectivity index (χ2v) is 6.85. The van der Waals surface area contributed by atoms with E-state index >= 15 is 0 Å². The molecule has 1 rings (SSSR count). The largest absolute Gasteiger partial charge is 0.396 e. The smallest absolute Gasteiger partial charge is 0.279 e. The minimum absolute atomic E-state index is 0.0106. The van der Waals surface area contributed by atoms with Crippen molar-refractivity contribution in [3.63, 3.8) is 0 Å². The van der Waals surface area contributed by atoms with Crippen LogP contribution in [0.5, 0.6) is 0 Å². The summed E-state index contributed by atoms with van der Waals surface area (Å²) in [5.41, 5.74) is 0. The van der Waals surface area contributed by atoms with Crippen LogP contribution in [0.25, 0.3) is 0 Å². The van der Waals surface area contributed by atoms with Crippen molar-refractivity contribution in [1.82, 2.24) is 9.03 Å². The molecule has 0 aliphatic heterocycles. The molecular formula is C11H24N2O3S. The molecule has 17 heavy (non-hydrogen) atoms. The van der Waals surface area contributed by atoms with E-state index in [4.69, 9.17) is 5.11 Å². The Bertz CT molecular complexity index is 332. The quantitative estimate of drug-likeness (QED) is 0.737. The fraction of sp³-hybridized carbons (Fsp3) is 1.00. The average Bonchev–Trinajstić information content (AvgIpc) is 2.57. The molecule has 3 unspecified atom stereocenters. The maximum absolute atomic E-state index is 12.0. The molecule has 0 aromatic carbocycles. The van der Waals surface area contributed by atoms with Gasteiger partial charge in [-0.05, 0) is 31.1 Å². The van der Waals surface area contributed by atoms with Crippen LogP contribution in [0.4, 0.5) is 0 Å². The standard InChI is InChI=1S/C11H24N2O3S/c1-9-5-6-11(10(9)2)12-17(15,16)13(3)7-4-8-14/h9-12,14H,4-8H2,1-3H3. The molecule has 2 N–H and O–H groups in total. The van der Waals surface area contributed by atoms with Crippen LogP contribution < -0.4 is 4.72 Å². The van der Waals surface area contributed by atoms with Crippen LogP contribution in [0.15, 0.2) is 0 Å².